The van der Waals surface area contributed by atoms with Crippen LogP contribution in [0.1, 0.15) is 5.56 Å². The maximum absolute atomic E-state index is 11.4. The Hall–Kier alpha value is -1.31. The lowest BCUT2D eigenvalue weighted by molar-refractivity contribution is 0.159. The first-order valence-electron chi connectivity index (χ1n) is 5.07. The first kappa shape index (κ1) is 14.7. The number of ether oxygens (including phenoxy) is 1. The Bertz CT molecular complexity index is 478. The maximum Gasteiger partial charge on any atom is 0.421 e. The molecule has 6 nitrogen and oxygen atoms in total. The minimum Gasteiger partial charge on any atom is -0.448 e. The van der Waals surface area contributed by atoms with Gasteiger partial charge in [-0.2, -0.15) is 13.1 Å². The van der Waals surface area contributed by atoms with Crippen LogP contribution < -0.4 is 9.44 Å². The van der Waals surface area contributed by atoms with E-state index in [2.05, 4.69) is 9.46 Å². The number of nitrogens with one attached hydrogen (secondary N) is 2. The molecule has 1 aromatic rings. The first-order chi connectivity index (χ1) is 8.53. The van der Waals surface area contributed by atoms with Crippen molar-refractivity contribution in [2.45, 2.75) is 6.54 Å². The standard InChI is InChI=1S/C10H13ClN2O4S/c11-6-7-17-10(14)13-18(15,16)12-8-9-4-2-1-3-5-9/h1-5,12H,6-8H2,(H,13,14). The molecule has 0 atom stereocenters. The predicted octanol–water partition coefficient (Wildman–Crippen LogP) is 0.986. The summed E-state index contributed by atoms with van der Waals surface area (Å²) in [7, 11) is -3.93. The van der Waals surface area contributed by atoms with Crippen molar-refractivity contribution in [1.29, 1.82) is 0 Å². The summed E-state index contributed by atoms with van der Waals surface area (Å²) in [6, 6.07) is 8.90. The smallest absolute Gasteiger partial charge is 0.421 e. The summed E-state index contributed by atoms with van der Waals surface area (Å²) in [5, 5.41) is 0. The van der Waals surface area contributed by atoms with E-state index in [9.17, 15) is 13.2 Å². The van der Waals surface area contributed by atoms with Gasteiger partial charge in [0.05, 0.1) is 5.88 Å². The molecule has 0 radical (unpaired) electrons. The van der Waals surface area contributed by atoms with Gasteiger partial charge in [0.1, 0.15) is 6.61 Å². The van der Waals surface area contributed by atoms with Gasteiger partial charge >= 0.3 is 16.3 Å². The van der Waals surface area contributed by atoms with E-state index in [1.165, 1.54) is 0 Å². The van der Waals surface area contributed by atoms with E-state index >= 15 is 0 Å². The van der Waals surface area contributed by atoms with Gasteiger partial charge in [0, 0.05) is 6.54 Å². The number of amides is 1. The van der Waals surface area contributed by atoms with Gasteiger partial charge in [0.15, 0.2) is 0 Å². The maximum atomic E-state index is 11.4. The molecule has 0 aliphatic heterocycles. The summed E-state index contributed by atoms with van der Waals surface area (Å²) in [6.45, 7) is 0.0283. The van der Waals surface area contributed by atoms with Crippen LogP contribution in [0, 0.1) is 0 Å². The first-order valence-corrected chi connectivity index (χ1v) is 7.09. The fraction of sp³-hybridized carbons (Fsp3) is 0.300. The summed E-state index contributed by atoms with van der Waals surface area (Å²) >= 11 is 5.29. The van der Waals surface area contributed by atoms with Gasteiger partial charge in [0.2, 0.25) is 0 Å². The highest BCUT2D eigenvalue weighted by Crippen LogP contribution is 1.98. The van der Waals surface area contributed by atoms with Gasteiger partial charge < -0.3 is 4.74 Å². The molecular formula is C10H13ClN2O4S. The van der Waals surface area contributed by atoms with E-state index in [4.69, 9.17) is 11.6 Å². The lowest BCUT2D eigenvalue weighted by atomic mass is 10.2. The molecule has 0 aliphatic carbocycles. The normalized spacial score (nSPS) is 10.9. The van der Waals surface area contributed by atoms with Gasteiger partial charge in [0.25, 0.3) is 0 Å². The fourth-order valence-corrected chi connectivity index (χ4v) is 1.87. The summed E-state index contributed by atoms with van der Waals surface area (Å²) in [6.07, 6.45) is -1.06. The molecule has 0 aliphatic rings. The highest BCUT2D eigenvalue weighted by Gasteiger charge is 2.14. The van der Waals surface area contributed by atoms with Crippen molar-refractivity contribution in [3.8, 4) is 0 Å². The van der Waals surface area contributed by atoms with Crippen LogP contribution in [0.2, 0.25) is 0 Å². The number of halogens is 1. The highest BCUT2D eigenvalue weighted by atomic mass is 35.5. The molecule has 1 amide bonds. The molecule has 0 spiro atoms. The number of rotatable bonds is 6. The van der Waals surface area contributed by atoms with Crippen molar-refractivity contribution in [3.63, 3.8) is 0 Å². The number of hydrogen-bond acceptors (Lipinski definition) is 4. The van der Waals surface area contributed by atoms with Gasteiger partial charge in [-0.1, -0.05) is 30.3 Å². The minimum atomic E-state index is -3.93. The Morgan fingerprint density at radius 1 is 1.28 bits per heavy atom. The summed E-state index contributed by atoms with van der Waals surface area (Å²) in [5.41, 5.74) is 0.775. The van der Waals surface area contributed by atoms with Crippen molar-refractivity contribution < 1.29 is 17.9 Å². The molecule has 2 N–H and O–H groups in total. The molecule has 0 aromatic heterocycles. The lowest BCUT2D eigenvalue weighted by Gasteiger charge is -2.08. The second kappa shape index (κ2) is 7.20. The van der Waals surface area contributed by atoms with Crippen molar-refractivity contribution in [1.82, 2.24) is 9.44 Å². The van der Waals surface area contributed by atoms with E-state index in [0.717, 1.165) is 5.56 Å². The van der Waals surface area contributed by atoms with Gasteiger partial charge in [-0.25, -0.2) is 9.52 Å². The van der Waals surface area contributed by atoms with Crippen LogP contribution in [0.3, 0.4) is 0 Å². The van der Waals surface area contributed by atoms with E-state index < -0.39 is 16.3 Å². The second-order valence-corrected chi connectivity index (χ2v) is 5.11. The predicted molar refractivity (Wildman–Crippen MR) is 67.4 cm³/mol. The van der Waals surface area contributed by atoms with Gasteiger partial charge in [-0.05, 0) is 5.56 Å². The summed E-state index contributed by atoms with van der Waals surface area (Å²) in [5.74, 6) is 0.102. The number of hydrogen-bond donors (Lipinski definition) is 2. The third kappa shape index (κ3) is 5.85. The van der Waals surface area contributed by atoms with Crippen molar-refractivity contribution in [3.05, 3.63) is 35.9 Å². The quantitative estimate of drug-likeness (QED) is 0.766. The van der Waals surface area contributed by atoms with Gasteiger partial charge in [-0.3, -0.25) is 0 Å². The molecule has 8 heteroatoms. The number of alkyl halides is 1. The number of carbonyl (C=O) groups excluding carboxylic acids is 1. The average molecular weight is 293 g/mol. The lowest BCUT2D eigenvalue weighted by Crippen LogP contribution is -2.40. The molecule has 0 saturated heterocycles. The monoisotopic (exact) mass is 292 g/mol. The topological polar surface area (TPSA) is 84.5 Å². The van der Waals surface area contributed by atoms with Crippen LogP contribution >= 0.6 is 11.6 Å². The zero-order valence-corrected chi connectivity index (χ0v) is 11.0. The Morgan fingerprint density at radius 2 is 1.94 bits per heavy atom. The van der Waals surface area contributed by atoms with Crippen LogP contribution in [-0.2, 0) is 21.5 Å². The Morgan fingerprint density at radius 3 is 2.56 bits per heavy atom. The molecule has 0 bridgehead atoms. The Balaban J connectivity index is 2.43. The summed E-state index contributed by atoms with van der Waals surface area (Å²) in [4.78, 5) is 11.0. The zero-order valence-electron chi connectivity index (χ0n) is 9.43. The molecule has 1 rings (SSSR count). The molecule has 0 unspecified atom stereocenters. The second-order valence-electron chi connectivity index (χ2n) is 3.24. The third-order valence-corrected chi connectivity index (χ3v) is 2.95. The van der Waals surface area contributed by atoms with Crippen LogP contribution in [0.5, 0.6) is 0 Å². The number of carbonyl (C=O) groups is 1. The van der Waals surface area contributed by atoms with Gasteiger partial charge in [-0.15, -0.1) is 11.6 Å². The Labute approximate surface area is 110 Å². The van der Waals surface area contributed by atoms with E-state index in [-0.39, 0.29) is 19.0 Å². The van der Waals surface area contributed by atoms with E-state index in [1.807, 2.05) is 6.07 Å². The molecule has 18 heavy (non-hydrogen) atoms. The highest BCUT2D eigenvalue weighted by molar-refractivity contribution is 7.88. The minimum absolute atomic E-state index is 0.0540. The molecular weight excluding hydrogens is 280 g/mol. The zero-order chi connectivity index (χ0) is 13.4. The largest absolute Gasteiger partial charge is 0.448 e. The Kier molecular flexibility index (Phi) is 5.90. The van der Waals surface area contributed by atoms with Crippen molar-refractivity contribution in [2.24, 2.45) is 0 Å². The molecule has 1 aromatic carbocycles. The molecule has 0 fully saturated rings. The number of benzene rings is 1. The van der Waals surface area contributed by atoms with Crippen LogP contribution in [0.15, 0.2) is 30.3 Å². The molecule has 100 valence electrons. The fourth-order valence-electron chi connectivity index (χ4n) is 1.08. The van der Waals surface area contributed by atoms with Crippen LogP contribution in [0.4, 0.5) is 4.79 Å². The van der Waals surface area contributed by atoms with Crippen LogP contribution in [0.25, 0.3) is 0 Å². The van der Waals surface area contributed by atoms with Crippen molar-refractivity contribution in [2.75, 3.05) is 12.5 Å². The molecule has 0 heterocycles. The van der Waals surface area contributed by atoms with E-state index in [1.54, 1.807) is 29.0 Å². The van der Waals surface area contributed by atoms with E-state index in [0.29, 0.717) is 0 Å². The third-order valence-electron chi connectivity index (χ3n) is 1.84. The average Bonchev–Trinajstić information content (AvgIpc) is 2.35. The van der Waals surface area contributed by atoms with Crippen LogP contribution in [-0.4, -0.2) is 27.0 Å². The SMILES string of the molecule is O=C(NS(=O)(=O)NCc1ccccc1)OCCCl. The van der Waals surface area contributed by atoms with Crippen molar-refractivity contribution >= 4 is 27.9 Å². The summed E-state index contributed by atoms with van der Waals surface area (Å²) < 4.78 is 31.2. The molecule has 0 saturated carbocycles.